The van der Waals surface area contributed by atoms with Crippen molar-refractivity contribution in [3.05, 3.63) is 99.2 Å². The van der Waals surface area contributed by atoms with Gasteiger partial charge in [0, 0.05) is 6.54 Å². The van der Waals surface area contributed by atoms with E-state index in [1.54, 1.807) is 19.1 Å². The number of alkyl halides is 6. The molecule has 0 radical (unpaired) electrons. The number of hydrogen-bond donors (Lipinski definition) is 2. The van der Waals surface area contributed by atoms with Gasteiger partial charge in [0.25, 0.3) is 0 Å². The summed E-state index contributed by atoms with van der Waals surface area (Å²) in [5.41, 5.74) is 0.233. The van der Waals surface area contributed by atoms with Crippen molar-refractivity contribution in [1.29, 1.82) is 0 Å². The predicted octanol–water partition coefficient (Wildman–Crippen LogP) is 9.87. The molecule has 1 atom stereocenters. The zero-order valence-corrected chi connectivity index (χ0v) is 26.3. The Hall–Kier alpha value is -4.21. The Kier molecular flexibility index (Phi) is 9.84. The van der Waals surface area contributed by atoms with E-state index in [1.165, 1.54) is 66.4 Å². The lowest BCUT2D eigenvalue weighted by Gasteiger charge is -2.20. The Morgan fingerprint density at radius 1 is 0.826 bits per heavy atom. The normalized spacial score (nSPS) is 12.5. The second kappa shape index (κ2) is 13.6. The minimum atomic E-state index is -4.49. The molecular formula is C30H23ClF6N6OS2. The number of thiophene rings is 2. The van der Waals surface area contributed by atoms with E-state index in [-0.39, 0.29) is 28.7 Å². The summed E-state index contributed by atoms with van der Waals surface area (Å²) in [6.07, 6.45) is -7.52. The Morgan fingerprint density at radius 2 is 1.52 bits per heavy atom. The number of rotatable bonds is 7. The molecule has 6 rings (SSSR count). The van der Waals surface area contributed by atoms with Gasteiger partial charge in [0.2, 0.25) is 5.28 Å². The standard InChI is InChI=1S/C15H11ClF3N3S.C15H12F3N3OS/c1-8(9-4-2-3-5-10(9)15(17,18)19)20-13-12-11(6-7-23-12)21-14(16)22-13;1-22-11-4-2-3-9(12(11)15(16,17)18)7-19-14-13-10(5-6-23-13)20-8-21-14/h2-8H,1H3,(H,20,21,22);2-6,8H,7H2,1H3,(H,19,20,21). The van der Waals surface area contributed by atoms with Crippen molar-refractivity contribution < 1.29 is 31.1 Å². The van der Waals surface area contributed by atoms with Crippen molar-refractivity contribution in [1.82, 2.24) is 19.9 Å². The Bertz CT molecular complexity index is 1960. The van der Waals surface area contributed by atoms with Crippen molar-refractivity contribution in [2.75, 3.05) is 17.7 Å². The van der Waals surface area contributed by atoms with E-state index in [1.807, 2.05) is 16.8 Å². The lowest BCUT2D eigenvalue weighted by Crippen LogP contribution is -2.15. The first kappa shape index (κ1) is 33.2. The average Bonchev–Trinajstić information content (AvgIpc) is 3.69. The third-order valence-electron chi connectivity index (χ3n) is 6.67. The van der Waals surface area contributed by atoms with Crippen LogP contribution < -0.4 is 15.4 Å². The molecule has 1 unspecified atom stereocenters. The number of ether oxygens (including phenoxy) is 1. The summed E-state index contributed by atoms with van der Waals surface area (Å²) >= 11 is 8.71. The minimum Gasteiger partial charge on any atom is -0.496 e. The number of nitrogens with one attached hydrogen (secondary N) is 2. The minimum absolute atomic E-state index is 0.0178. The Morgan fingerprint density at radius 3 is 2.22 bits per heavy atom. The number of hydrogen-bond acceptors (Lipinski definition) is 9. The number of nitrogens with zero attached hydrogens (tertiary/aromatic N) is 4. The molecule has 0 bridgehead atoms. The first-order chi connectivity index (χ1) is 21.9. The quantitative estimate of drug-likeness (QED) is 0.127. The van der Waals surface area contributed by atoms with Gasteiger partial charge in [-0.15, -0.1) is 22.7 Å². The summed E-state index contributed by atoms with van der Waals surface area (Å²) in [5, 5.41) is 9.71. The van der Waals surface area contributed by atoms with E-state index in [4.69, 9.17) is 16.3 Å². The average molecular weight is 697 g/mol. The fourth-order valence-corrected chi connectivity index (χ4v) is 6.43. The van der Waals surface area contributed by atoms with Crippen LogP contribution in [-0.2, 0) is 18.9 Å². The van der Waals surface area contributed by atoms with Crippen molar-refractivity contribution in [2.24, 2.45) is 0 Å². The number of aromatic nitrogens is 4. The molecule has 0 saturated carbocycles. The molecular weight excluding hydrogens is 674 g/mol. The van der Waals surface area contributed by atoms with Gasteiger partial charge in [-0.2, -0.15) is 31.3 Å². The fourth-order valence-electron chi connectivity index (χ4n) is 4.66. The van der Waals surface area contributed by atoms with Crippen LogP contribution in [0.4, 0.5) is 38.0 Å². The highest BCUT2D eigenvalue weighted by atomic mass is 35.5. The summed E-state index contributed by atoms with van der Waals surface area (Å²) in [6, 6.07) is 12.8. The number of methoxy groups -OCH3 is 1. The van der Waals surface area contributed by atoms with Crippen molar-refractivity contribution >= 4 is 66.3 Å². The van der Waals surface area contributed by atoms with E-state index >= 15 is 0 Å². The lowest BCUT2D eigenvalue weighted by atomic mass is 10.0. The van der Waals surface area contributed by atoms with Crippen LogP contribution in [0.1, 0.15) is 35.2 Å². The molecule has 0 spiro atoms. The number of benzene rings is 2. The molecule has 0 aliphatic carbocycles. The molecule has 2 aromatic carbocycles. The predicted molar refractivity (Wildman–Crippen MR) is 169 cm³/mol. The van der Waals surface area contributed by atoms with Gasteiger partial charge in [-0.25, -0.2) is 15.0 Å². The molecule has 2 N–H and O–H groups in total. The van der Waals surface area contributed by atoms with Gasteiger partial charge in [-0.05, 0) is 64.7 Å². The van der Waals surface area contributed by atoms with Crippen LogP contribution in [0.15, 0.2) is 71.7 Å². The summed E-state index contributed by atoms with van der Waals surface area (Å²) in [7, 11) is 1.22. The molecule has 46 heavy (non-hydrogen) atoms. The van der Waals surface area contributed by atoms with Gasteiger partial charge >= 0.3 is 12.4 Å². The topological polar surface area (TPSA) is 84.9 Å². The molecule has 16 heteroatoms. The van der Waals surface area contributed by atoms with E-state index < -0.39 is 29.5 Å². The van der Waals surface area contributed by atoms with Crippen molar-refractivity contribution in [2.45, 2.75) is 31.9 Å². The molecule has 0 amide bonds. The van der Waals surface area contributed by atoms with Crippen LogP contribution in [-0.4, -0.2) is 27.0 Å². The Balaban J connectivity index is 0.000000181. The summed E-state index contributed by atoms with van der Waals surface area (Å²) < 4.78 is 85.7. The molecule has 240 valence electrons. The number of anilines is 2. The van der Waals surface area contributed by atoms with Gasteiger partial charge in [0.15, 0.2) is 0 Å². The second-order valence-corrected chi connectivity index (χ2v) is 11.8. The number of fused-ring (bicyclic) bond motifs is 2. The van der Waals surface area contributed by atoms with Crippen molar-refractivity contribution in [3.8, 4) is 5.75 Å². The Labute approximate surface area is 271 Å². The zero-order valence-electron chi connectivity index (χ0n) is 23.9. The highest BCUT2D eigenvalue weighted by Crippen LogP contribution is 2.39. The van der Waals surface area contributed by atoms with E-state index in [2.05, 4.69) is 30.6 Å². The SMILES string of the molecule is CC(Nc1nc(Cl)nc2ccsc12)c1ccccc1C(F)(F)F.COc1cccc(CNc2ncnc3ccsc23)c1C(F)(F)F. The molecule has 0 aliphatic rings. The van der Waals surface area contributed by atoms with Crippen LogP contribution in [0, 0.1) is 0 Å². The van der Waals surface area contributed by atoms with E-state index in [0.717, 1.165) is 21.0 Å². The zero-order chi connectivity index (χ0) is 33.1. The van der Waals surface area contributed by atoms with Gasteiger partial charge in [0.05, 0.1) is 39.1 Å². The monoisotopic (exact) mass is 696 g/mol. The van der Waals surface area contributed by atoms with E-state index in [9.17, 15) is 26.3 Å². The van der Waals surface area contributed by atoms with Gasteiger partial charge in [-0.3, -0.25) is 0 Å². The summed E-state index contributed by atoms with van der Waals surface area (Å²) in [5.74, 6) is 0.751. The largest absolute Gasteiger partial charge is 0.496 e. The summed E-state index contributed by atoms with van der Waals surface area (Å²) in [6.45, 7) is 1.64. The second-order valence-electron chi connectivity index (χ2n) is 9.63. The third-order valence-corrected chi connectivity index (χ3v) is 8.66. The third kappa shape index (κ3) is 7.43. The van der Waals surface area contributed by atoms with Crippen LogP contribution in [0.2, 0.25) is 5.28 Å². The van der Waals surface area contributed by atoms with E-state index in [0.29, 0.717) is 17.2 Å². The highest BCUT2D eigenvalue weighted by molar-refractivity contribution is 7.18. The maximum atomic E-state index is 13.3. The van der Waals surface area contributed by atoms with Crippen LogP contribution in [0.3, 0.4) is 0 Å². The van der Waals surface area contributed by atoms with Gasteiger partial charge < -0.3 is 15.4 Å². The fraction of sp³-hybridized carbons (Fsp3) is 0.200. The molecule has 7 nitrogen and oxygen atoms in total. The van der Waals surface area contributed by atoms with Crippen LogP contribution >= 0.6 is 34.3 Å². The maximum absolute atomic E-state index is 13.3. The van der Waals surface area contributed by atoms with Crippen LogP contribution in [0.25, 0.3) is 20.4 Å². The molecule has 4 aromatic heterocycles. The molecule has 0 aliphatic heterocycles. The van der Waals surface area contributed by atoms with Gasteiger partial charge in [-0.1, -0.05) is 30.3 Å². The number of halogens is 7. The summed E-state index contributed by atoms with van der Waals surface area (Å²) in [4.78, 5) is 16.4. The molecule has 4 heterocycles. The molecule has 6 aromatic rings. The highest BCUT2D eigenvalue weighted by Gasteiger charge is 2.37. The maximum Gasteiger partial charge on any atom is 0.420 e. The first-order valence-corrected chi connectivity index (χ1v) is 15.5. The lowest BCUT2D eigenvalue weighted by molar-refractivity contribution is -0.139. The molecule has 0 fully saturated rings. The van der Waals surface area contributed by atoms with Crippen molar-refractivity contribution in [3.63, 3.8) is 0 Å². The first-order valence-electron chi connectivity index (χ1n) is 13.4. The van der Waals surface area contributed by atoms with Crippen LogP contribution in [0.5, 0.6) is 5.75 Å². The molecule has 0 saturated heterocycles. The smallest absolute Gasteiger partial charge is 0.420 e. The van der Waals surface area contributed by atoms with Gasteiger partial charge in [0.1, 0.15) is 29.3 Å².